The Morgan fingerprint density at radius 3 is 1.55 bits per heavy atom. The molecule has 11 heavy (non-hydrogen) atoms. The van der Waals surface area contributed by atoms with Crippen molar-refractivity contribution < 1.29 is 5.11 Å². The molecule has 0 aliphatic heterocycles. The second-order valence-corrected chi connectivity index (χ2v) is 4.68. The maximum absolute atomic E-state index is 10.2. The van der Waals surface area contributed by atoms with Gasteiger partial charge in [-0.25, -0.2) is 0 Å². The summed E-state index contributed by atoms with van der Waals surface area (Å²) in [7, 11) is 0. The largest absolute Gasteiger partial charge is 0.389 e. The molecule has 0 heterocycles. The third kappa shape index (κ3) is 1.96. The van der Waals surface area contributed by atoms with Crippen molar-refractivity contribution in [2.75, 3.05) is 0 Å². The lowest BCUT2D eigenvalue weighted by Crippen LogP contribution is -2.46. The van der Waals surface area contributed by atoms with E-state index < -0.39 is 5.60 Å². The summed E-state index contributed by atoms with van der Waals surface area (Å²) in [6.07, 6.45) is 0.828. The lowest BCUT2D eigenvalue weighted by molar-refractivity contribution is -0.0970. The van der Waals surface area contributed by atoms with Gasteiger partial charge in [-0.2, -0.15) is 0 Å². The summed E-state index contributed by atoms with van der Waals surface area (Å²) in [4.78, 5) is 0. The van der Waals surface area contributed by atoms with E-state index in [-0.39, 0.29) is 5.41 Å². The van der Waals surface area contributed by atoms with Crippen molar-refractivity contribution in [3.63, 3.8) is 0 Å². The van der Waals surface area contributed by atoms with Crippen LogP contribution >= 0.6 is 0 Å². The molecule has 0 saturated heterocycles. The molecule has 0 rings (SSSR count). The first-order valence-corrected chi connectivity index (χ1v) is 4.48. The molecule has 0 spiro atoms. The van der Waals surface area contributed by atoms with Gasteiger partial charge in [0.25, 0.3) is 0 Å². The molecular weight excluding hydrogens is 136 g/mol. The first-order valence-electron chi connectivity index (χ1n) is 4.48. The highest BCUT2D eigenvalue weighted by molar-refractivity contribution is 4.91. The molecule has 68 valence electrons. The summed E-state index contributed by atoms with van der Waals surface area (Å²) >= 11 is 0. The van der Waals surface area contributed by atoms with Gasteiger partial charge in [0.1, 0.15) is 0 Å². The van der Waals surface area contributed by atoms with Gasteiger partial charge in [-0.1, -0.05) is 41.5 Å². The maximum atomic E-state index is 10.2. The second kappa shape index (κ2) is 3.14. The fourth-order valence-corrected chi connectivity index (χ4v) is 1.80. The van der Waals surface area contributed by atoms with Gasteiger partial charge in [0.2, 0.25) is 0 Å². The zero-order chi connectivity index (χ0) is 9.28. The van der Waals surface area contributed by atoms with Crippen molar-refractivity contribution in [1.29, 1.82) is 0 Å². The van der Waals surface area contributed by atoms with Gasteiger partial charge in [0.15, 0.2) is 0 Å². The predicted octanol–water partition coefficient (Wildman–Crippen LogP) is 2.83. The topological polar surface area (TPSA) is 20.2 Å². The average molecular weight is 158 g/mol. The van der Waals surface area contributed by atoms with Crippen LogP contribution in [-0.4, -0.2) is 10.7 Å². The van der Waals surface area contributed by atoms with Gasteiger partial charge >= 0.3 is 0 Å². The van der Waals surface area contributed by atoms with E-state index in [0.717, 1.165) is 6.42 Å². The Morgan fingerprint density at radius 1 is 1.18 bits per heavy atom. The van der Waals surface area contributed by atoms with Crippen LogP contribution in [0.25, 0.3) is 0 Å². The number of hydrogen-bond acceptors (Lipinski definition) is 1. The van der Waals surface area contributed by atoms with Crippen LogP contribution < -0.4 is 0 Å². The molecular formula is C10H22O. The third-order valence-electron chi connectivity index (χ3n) is 2.79. The van der Waals surface area contributed by atoms with Crippen LogP contribution in [0.5, 0.6) is 0 Å². The highest BCUT2D eigenvalue weighted by atomic mass is 16.3. The molecule has 0 amide bonds. The van der Waals surface area contributed by atoms with E-state index in [9.17, 15) is 5.11 Å². The monoisotopic (exact) mass is 158 g/mol. The molecule has 1 atom stereocenters. The molecule has 0 fully saturated rings. The fourth-order valence-electron chi connectivity index (χ4n) is 1.80. The van der Waals surface area contributed by atoms with Gasteiger partial charge in [-0.3, -0.25) is 0 Å². The zero-order valence-electron chi connectivity index (χ0n) is 8.73. The molecule has 0 aliphatic carbocycles. The van der Waals surface area contributed by atoms with Crippen molar-refractivity contribution in [2.45, 2.75) is 53.6 Å². The molecule has 0 bridgehead atoms. The summed E-state index contributed by atoms with van der Waals surface area (Å²) in [6.45, 7) is 12.5. The Hall–Kier alpha value is -0.0400. The number of hydrogen-bond donors (Lipinski definition) is 1. The standard InChI is InChI=1S/C10H22O/c1-7-10(11,8(2)3)9(4,5)6/h8,11H,7H2,1-6H3/t10-/m1/s1. The van der Waals surface area contributed by atoms with Crippen molar-refractivity contribution in [1.82, 2.24) is 0 Å². The van der Waals surface area contributed by atoms with Crippen LogP contribution in [0.2, 0.25) is 0 Å². The molecule has 0 radical (unpaired) electrons. The van der Waals surface area contributed by atoms with Crippen LogP contribution in [0.3, 0.4) is 0 Å². The summed E-state index contributed by atoms with van der Waals surface area (Å²) in [5.41, 5.74) is -0.539. The average Bonchev–Trinajstić information content (AvgIpc) is 1.83. The Kier molecular flexibility index (Phi) is 3.13. The van der Waals surface area contributed by atoms with Gasteiger partial charge in [-0.15, -0.1) is 0 Å². The molecule has 0 unspecified atom stereocenters. The van der Waals surface area contributed by atoms with E-state index in [1.54, 1.807) is 0 Å². The zero-order valence-corrected chi connectivity index (χ0v) is 8.73. The van der Waals surface area contributed by atoms with E-state index in [0.29, 0.717) is 5.92 Å². The van der Waals surface area contributed by atoms with Crippen molar-refractivity contribution in [3.8, 4) is 0 Å². The quantitative estimate of drug-likeness (QED) is 0.655. The van der Waals surface area contributed by atoms with E-state index in [1.165, 1.54) is 0 Å². The first kappa shape index (κ1) is 11.0. The molecule has 1 N–H and O–H groups in total. The van der Waals surface area contributed by atoms with E-state index >= 15 is 0 Å². The molecule has 0 aliphatic rings. The normalized spacial score (nSPS) is 18.5. The molecule has 0 aromatic carbocycles. The Bertz CT molecular complexity index is 121. The number of aliphatic hydroxyl groups is 1. The SMILES string of the molecule is CC[C@@](O)(C(C)C)C(C)(C)C. The minimum Gasteiger partial charge on any atom is -0.389 e. The highest BCUT2D eigenvalue weighted by Crippen LogP contribution is 2.38. The van der Waals surface area contributed by atoms with Crippen molar-refractivity contribution in [3.05, 3.63) is 0 Å². The molecule has 0 saturated carbocycles. The molecule has 0 aromatic heterocycles. The second-order valence-electron chi connectivity index (χ2n) is 4.68. The van der Waals surface area contributed by atoms with Gasteiger partial charge in [-0.05, 0) is 17.8 Å². The molecule has 1 heteroatoms. The van der Waals surface area contributed by atoms with Crippen LogP contribution in [0.4, 0.5) is 0 Å². The Labute approximate surface area is 70.8 Å². The van der Waals surface area contributed by atoms with E-state index in [1.807, 2.05) is 6.92 Å². The maximum Gasteiger partial charge on any atom is 0.0715 e. The Balaban J connectivity index is 4.61. The fraction of sp³-hybridized carbons (Fsp3) is 1.00. The minimum atomic E-state index is -0.521. The summed E-state index contributed by atoms with van der Waals surface area (Å²) in [5.74, 6) is 0.326. The van der Waals surface area contributed by atoms with Crippen molar-refractivity contribution in [2.24, 2.45) is 11.3 Å². The third-order valence-corrected chi connectivity index (χ3v) is 2.79. The molecule has 0 aromatic rings. The first-order chi connectivity index (χ1) is 4.75. The summed E-state index contributed by atoms with van der Waals surface area (Å²) < 4.78 is 0. The highest BCUT2D eigenvalue weighted by Gasteiger charge is 2.40. The van der Waals surface area contributed by atoms with Crippen LogP contribution in [0.15, 0.2) is 0 Å². The van der Waals surface area contributed by atoms with Gasteiger partial charge in [0, 0.05) is 0 Å². The van der Waals surface area contributed by atoms with Crippen molar-refractivity contribution >= 4 is 0 Å². The van der Waals surface area contributed by atoms with E-state index in [2.05, 4.69) is 34.6 Å². The Morgan fingerprint density at radius 2 is 1.55 bits per heavy atom. The lowest BCUT2D eigenvalue weighted by atomic mass is 9.68. The van der Waals surface area contributed by atoms with Crippen LogP contribution in [0.1, 0.15) is 48.0 Å². The van der Waals surface area contributed by atoms with Crippen LogP contribution in [-0.2, 0) is 0 Å². The smallest absolute Gasteiger partial charge is 0.0715 e. The summed E-state index contributed by atoms with van der Waals surface area (Å²) in [5, 5.41) is 10.2. The van der Waals surface area contributed by atoms with Crippen LogP contribution in [0, 0.1) is 11.3 Å². The summed E-state index contributed by atoms with van der Waals surface area (Å²) in [6, 6.07) is 0. The van der Waals surface area contributed by atoms with Gasteiger partial charge < -0.3 is 5.11 Å². The van der Waals surface area contributed by atoms with Gasteiger partial charge in [0.05, 0.1) is 5.60 Å². The molecule has 1 nitrogen and oxygen atoms in total. The minimum absolute atomic E-state index is 0.0179. The predicted molar refractivity (Wildman–Crippen MR) is 49.5 cm³/mol. The number of rotatable bonds is 2. The lowest BCUT2D eigenvalue weighted by Gasteiger charge is -2.43. The van der Waals surface area contributed by atoms with E-state index in [4.69, 9.17) is 0 Å².